The van der Waals surface area contributed by atoms with Crippen LogP contribution in [0.1, 0.15) is 43.2 Å². The molecule has 2 nitrogen and oxygen atoms in total. The third-order valence-electron chi connectivity index (χ3n) is 7.21. The summed E-state index contributed by atoms with van der Waals surface area (Å²) < 4.78 is 6.13. The summed E-state index contributed by atoms with van der Waals surface area (Å²) >= 11 is 18.9. The minimum Gasteiger partial charge on any atom is -0.488 e. The van der Waals surface area contributed by atoms with Crippen molar-refractivity contribution >= 4 is 34.8 Å². The van der Waals surface area contributed by atoms with Crippen LogP contribution in [0.15, 0.2) is 36.4 Å². The van der Waals surface area contributed by atoms with Gasteiger partial charge in [-0.1, -0.05) is 40.9 Å². The first-order valence-electron chi connectivity index (χ1n) is 10.6. The monoisotopic (exact) mass is 449 g/mol. The summed E-state index contributed by atoms with van der Waals surface area (Å²) in [6, 6.07) is 12.0. The molecule has 0 aliphatic heterocycles. The minimum absolute atomic E-state index is 0.338. The number of rotatable bonds is 6. The molecule has 0 radical (unpaired) electrons. The van der Waals surface area contributed by atoms with Crippen molar-refractivity contribution in [3.63, 3.8) is 0 Å². The van der Waals surface area contributed by atoms with E-state index < -0.39 is 0 Å². The van der Waals surface area contributed by atoms with Crippen LogP contribution < -0.4 is 10.1 Å². The molecule has 0 aromatic heterocycles. The molecule has 4 saturated carbocycles. The Morgan fingerprint density at radius 1 is 0.862 bits per heavy atom. The number of benzene rings is 2. The van der Waals surface area contributed by atoms with Crippen molar-refractivity contribution in [2.75, 3.05) is 0 Å². The molecule has 4 fully saturated rings. The number of halogens is 3. The Hall–Kier alpha value is -0.930. The van der Waals surface area contributed by atoms with E-state index in [0.29, 0.717) is 22.7 Å². The predicted octanol–water partition coefficient (Wildman–Crippen LogP) is 7.14. The van der Waals surface area contributed by atoms with Crippen LogP contribution in [0.2, 0.25) is 15.1 Å². The predicted molar refractivity (Wildman–Crippen MR) is 120 cm³/mol. The van der Waals surface area contributed by atoms with E-state index in [-0.39, 0.29) is 0 Å². The molecule has 4 aliphatic carbocycles. The van der Waals surface area contributed by atoms with Gasteiger partial charge in [0, 0.05) is 38.8 Å². The first-order valence-corrected chi connectivity index (χ1v) is 11.8. The average molecular weight is 451 g/mol. The van der Waals surface area contributed by atoms with E-state index >= 15 is 0 Å². The van der Waals surface area contributed by atoms with E-state index in [1.807, 2.05) is 36.4 Å². The highest BCUT2D eigenvalue weighted by molar-refractivity contribution is 6.36. The zero-order valence-corrected chi connectivity index (χ0v) is 18.6. The maximum atomic E-state index is 6.30. The maximum absolute atomic E-state index is 6.30. The molecule has 154 valence electrons. The molecule has 5 heteroatoms. The summed E-state index contributed by atoms with van der Waals surface area (Å²) in [7, 11) is 0. The normalized spacial score (nSPS) is 30.0. The summed E-state index contributed by atoms with van der Waals surface area (Å²) in [4.78, 5) is 0. The molecule has 6 rings (SSSR count). The SMILES string of the molecule is Clc1ccc(OCc2c(Cl)cccc2Cl)c(CNC2C3CC4CC(C3)CC2C4)c1. The standard InChI is InChI=1S/C24H26Cl3NO/c25-19-4-5-23(29-13-20-21(26)2-1-3-22(20)27)18(11-19)12-28-24-16-7-14-6-15(9-16)10-17(24)8-14/h1-5,11,14-17,24,28H,6-10,12-13H2. The number of ether oxygens (including phenoxy) is 1. The van der Waals surface area contributed by atoms with E-state index in [1.165, 1.54) is 32.1 Å². The van der Waals surface area contributed by atoms with E-state index in [4.69, 9.17) is 39.5 Å². The first-order chi connectivity index (χ1) is 14.1. The molecule has 0 saturated heterocycles. The second-order valence-corrected chi connectivity index (χ2v) is 10.3. The van der Waals surface area contributed by atoms with Gasteiger partial charge in [-0.2, -0.15) is 0 Å². The second kappa shape index (κ2) is 8.30. The van der Waals surface area contributed by atoms with Gasteiger partial charge in [-0.3, -0.25) is 0 Å². The van der Waals surface area contributed by atoms with Gasteiger partial charge in [-0.05, 0) is 86.1 Å². The van der Waals surface area contributed by atoms with Crippen LogP contribution in [0.3, 0.4) is 0 Å². The fourth-order valence-electron chi connectivity index (χ4n) is 6.13. The number of nitrogens with one attached hydrogen (secondary N) is 1. The van der Waals surface area contributed by atoms with Crippen LogP contribution in [0.4, 0.5) is 0 Å². The molecule has 0 spiro atoms. The Kier molecular flexibility index (Phi) is 5.73. The fraction of sp³-hybridized carbons (Fsp3) is 0.500. The highest BCUT2D eigenvalue weighted by Gasteiger charge is 2.47. The molecule has 1 N–H and O–H groups in total. The van der Waals surface area contributed by atoms with Crippen LogP contribution in [0.25, 0.3) is 0 Å². The molecule has 0 heterocycles. The number of hydrogen-bond acceptors (Lipinski definition) is 2. The van der Waals surface area contributed by atoms with Gasteiger partial charge in [0.1, 0.15) is 12.4 Å². The summed E-state index contributed by atoms with van der Waals surface area (Å²) in [5.41, 5.74) is 1.90. The quantitative estimate of drug-likeness (QED) is 0.505. The largest absolute Gasteiger partial charge is 0.488 e. The lowest BCUT2D eigenvalue weighted by Crippen LogP contribution is -2.54. The van der Waals surface area contributed by atoms with Crippen LogP contribution in [-0.4, -0.2) is 6.04 Å². The van der Waals surface area contributed by atoms with E-state index in [0.717, 1.165) is 52.1 Å². The Labute approximate surface area is 187 Å². The van der Waals surface area contributed by atoms with Crippen LogP contribution in [0, 0.1) is 23.7 Å². The van der Waals surface area contributed by atoms with Gasteiger partial charge >= 0.3 is 0 Å². The lowest BCUT2D eigenvalue weighted by Gasteiger charge is -2.54. The minimum atomic E-state index is 0.338. The van der Waals surface area contributed by atoms with Gasteiger partial charge in [0.15, 0.2) is 0 Å². The van der Waals surface area contributed by atoms with E-state index in [2.05, 4.69) is 5.32 Å². The van der Waals surface area contributed by atoms with Crippen molar-refractivity contribution < 1.29 is 4.74 Å². The van der Waals surface area contributed by atoms with Gasteiger partial charge < -0.3 is 10.1 Å². The average Bonchev–Trinajstić information content (AvgIpc) is 2.68. The maximum Gasteiger partial charge on any atom is 0.124 e. The van der Waals surface area contributed by atoms with Gasteiger partial charge in [0.2, 0.25) is 0 Å². The van der Waals surface area contributed by atoms with E-state index in [1.54, 1.807) is 0 Å². The Balaban J connectivity index is 1.28. The van der Waals surface area contributed by atoms with Crippen molar-refractivity contribution in [3.8, 4) is 5.75 Å². The van der Waals surface area contributed by atoms with Crippen molar-refractivity contribution in [1.82, 2.24) is 5.32 Å². The smallest absolute Gasteiger partial charge is 0.124 e. The summed E-state index contributed by atoms with van der Waals surface area (Å²) in [6.07, 6.45) is 7.13. The molecule has 2 aromatic rings. The second-order valence-electron chi connectivity index (χ2n) is 9.08. The van der Waals surface area contributed by atoms with Gasteiger partial charge in [0.05, 0.1) is 0 Å². The molecule has 0 amide bonds. The summed E-state index contributed by atoms with van der Waals surface area (Å²) in [5, 5.41) is 5.86. The fourth-order valence-corrected chi connectivity index (χ4v) is 6.83. The molecule has 0 unspecified atom stereocenters. The first kappa shape index (κ1) is 20.0. The topological polar surface area (TPSA) is 21.3 Å². The zero-order valence-electron chi connectivity index (χ0n) is 16.3. The number of hydrogen-bond donors (Lipinski definition) is 1. The van der Waals surface area contributed by atoms with Crippen molar-refractivity contribution in [2.45, 2.75) is 51.3 Å². The van der Waals surface area contributed by atoms with Crippen molar-refractivity contribution in [2.24, 2.45) is 23.7 Å². The molecule has 4 aliphatic rings. The third kappa shape index (κ3) is 4.14. The van der Waals surface area contributed by atoms with Gasteiger partial charge in [0.25, 0.3) is 0 Å². The van der Waals surface area contributed by atoms with Crippen molar-refractivity contribution in [1.29, 1.82) is 0 Å². The van der Waals surface area contributed by atoms with E-state index in [9.17, 15) is 0 Å². The molecular formula is C24H26Cl3NO. The molecule has 4 bridgehead atoms. The zero-order chi connectivity index (χ0) is 20.0. The van der Waals surface area contributed by atoms with Crippen LogP contribution >= 0.6 is 34.8 Å². The van der Waals surface area contributed by atoms with Crippen molar-refractivity contribution in [3.05, 3.63) is 62.6 Å². The van der Waals surface area contributed by atoms with Crippen LogP contribution in [0.5, 0.6) is 5.75 Å². The lowest BCUT2D eigenvalue weighted by molar-refractivity contribution is -0.0143. The van der Waals surface area contributed by atoms with Crippen LogP contribution in [-0.2, 0) is 13.2 Å². The highest BCUT2D eigenvalue weighted by atomic mass is 35.5. The summed E-state index contributed by atoms with van der Waals surface area (Å²) in [6.45, 7) is 1.12. The Morgan fingerprint density at radius 2 is 1.52 bits per heavy atom. The summed E-state index contributed by atoms with van der Waals surface area (Å²) in [5.74, 6) is 4.50. The lowest BCUT2D eigenvalue weighted by atomic mass is 9.54. The highest BCUT2D eigenvalue weighted by Crippen LogP contribution is 2.53. The van der Waals surface area contributed by atoms with Gasteiger partial charge in [-0.15, -0.1) is 0 Å². The molecule has 0 atom stereocenters. The Morgan fingerprint density at radius 3 is 2.17 bits per heavy atom. The molecule has 29 heavy (non-hydrogen) atoms. The van der Waals surface area contributed by atoms with Gasteiger partial charge in [-0.25, -0.2) is 0 Å². The molecule has 2 aromatic carbocycles. The Bertz CT molecular complexity index is 851. The third-order valence-corrected chi connectivity index (χ3v) is 8.15. The molecular weight excluding hydrogens is 425 g/mol.